The minimum Gasteiger partial charge on any atom is -0.459 e. The quantitative estimate of drug-likeness (QED) is 0.445. The molecule has 0 radical (unpaired) electrons. The normalized spacial score (nSPS) is 15.5. The fourth-order valence-electron chi connectivity index (χ4n) is 3.71. The molecule has 0 bridgehead atoms. The summed E-state index contributed by atoms with van der Waals surface area (Å²) in [4.78, 5) is 14.1. The molecule has 4 heterocycles. The third kappa shape index (κ3) is 4.76. The van der Waals surface area contributed by atoms with Crippen molar-refractivity contribution in [2.75, 3.05) is 26.2 Å². The van der Waals surface area contributed by atoms with Gasteiger partial charge in [-0.3, -0.25) is 9.80 Å². The Morgan fingerprint density at radius 2 is 1.65 bits per heavy atom. The number of rotatable bonds is 6. The lowest BCUT2D eigenvalue weighted by atomic mass is 10.1. The molecule has 0 unspecified atom stereocenters. The van der Waals surface area contributed by atoms with Crippen molar-refractivity contribution < 1.29 is 8.94 Å². The van der Waals surface area contributed by atoms with Crippen LogP contribution >= 0.6 is 11.3 Å². The fraction of sp³-hybridized carbons (Fsp3) is 0.348. The topological polar surface area (TPSA) is 71.4 Å². The third-order valence-corrected chi connectivity index (χ3v) is 6.40. The van der Waals surface area contributed by atoms with E-state index in [1.54, 1.807) is 11.3 Å². The number of thiazole rings is 1. The molecule has 0 atom stereocenters. The van der Waals surface area contributed by atoms with Gasteiger partial charge in [-0.15, -0.1) is 11.3 Å². The van der Waals surface area contributed by atoms with Crippen LogP contribution in [0.15, 0.2) is 50.7 Å². The molecule has 5 rings (SSSR count). The van der Waals surface area contributed by atoms with Gasteiger partial charge < -0.3 is 8.94 Å². The Kier molecular flexibility index (Phi) is 5.67. The molecule has 3 aromatic heterocycles. The highest BCUT2D eigenvalue weighted by Crippen LogP contribution is 2.26. The Labute approximate surface area is 185 Å². The van der Waals surface area contributed by atoms with Crippen LogP contribution in [0.1, 0.15) is 22.9 Å². The molecule has 0 amide bonds. The van der Waals surface area contributed by atoms with E-state index in [1.807, 2.05) is 31.2 Å². The van der Waals surface area contributed by atoms with Gasteiger partial charge in [-0.1, -0.05) is 35.0 Å². The minimum absolute atomic E-state index is 0.653. The van der Waals surface area contributed by atoms with Crippen molar-refractivity contribution in [3.8, 4) is 22.2 Å². The SMILES string of the molecule is Cc1ccc(-c2noc(CN3CCN(Cc4csc(-c5ccc(C)o5)n4)CC3)n2)cc1. The molecule has 1 aliphatic heterocycles. The summed E-state index contributed by atoms with van der Waals surface area (Å²) in [7, 11) is 0. The number of aromatic nitrogens is 3. The van der Waals surface area contributed by atoms with Gasteiger partial charge in [0.15, 0.2) is 10.8 Å². The van der Waals surface area contributed by atoms with Crippen molar-refractivity contribution in [1.82, 2.24) is 24.9 Å². The van der Waals surface area contributed by atoms with E-state index in [2.05, 4.69) is 44.4 Å². The summed E-state index contributed by atoms with van der Waals surface area (Å²) in [6.07, 6.45) is 0. The third-order valence-electron chi connectivity index (χ3n) is 5.49. The first-order valence-corrected chi connectivity index (χ1v) is 11.4. The first kappa shape index (κ1) is 20.1. The van der Waals surface area contributed by atoms with Gasteiger partial charge >= 0.3 is 0 Å². The van der Waals surface area contributed by atoms with Gasteiger partial charge in [0.1, 0.15) is 5.76 Å². The summed E-state index contributed by atoms with van der Waals surface area (Å²) < 4.78 is 11.2. The Morgan fingerprint density at radius 3 is 2.35 bits per heavy atom. The van der Waals surface area contributed by atoms with Crippen LogP contribution in [0.2, 0.25) is 0 Å². The molecule has 0 spiro atoms. The van der Waals surface area contributed by atoms with Crippen LogP contribution in [0.4, 0.5) is 0 Å². The van der Waals surface area contributed by atoms with Crippen molar-refractivity contribution in [2.24, 2.45) is 0 Å². The summed E-state index contributed by atoms with van der Waals surface area (Å²) in [6.45, 7) is 9.49. The molecule has 1 aliphatic rings. The molecular weight excluding hydrogens is 410 g/mol. The molecule has 8 heteroatoms. The van der Waals surface area contributed by atoms with Crippen LogP contribution in [0, 0.1) is 13.8 Å². The zero-order valence-corrected chi connectivity index (χ0v) is 18.6. The molecular formula is C23H25N5O2S. The van der Waals surface area contributed by atoms with Crippen molar-refractivity contribution >= 4 is 11.3 Å². The maximum atomic E-state index is 5.69. The highest BCUT2D eigenvalue weighted by atomic mass is 32.1. The molecule has 0 N–H and O–H groups in total. The average molecular weight is 436 g/mol. The lowest BCUT2D eigenvalue weighted by molar-refractivity contribution is 0.111. The van der Waals surface area contributed by atoms with E-state index in [4.69, 9.17) is 13.9 Å². The highest BCUT2D eigenvalue weighted by Gasteiger charge is 2.20. The Balaban J connectivity index is 1.13. The number of piperazine rings is 1. The van der Waals surface area contributed by atoms with E-state index in [-0.39, 0.29) is 0 Å². The Bertz CT molecular complexity index is 1140. The van der Waals surface area contributed by atoms with E-state index in [0.717, 1.165) is 60.5 Å². The van der Waals surface area contributed by atoms with E-state index >= 15 is 0 Å². The lowest BCUT2D eigenvalue weighted by Gasteiger charge is -2.33. The second-order valence-electron chi connectivity index (χ2n) is 7.98. The number of furan rings is 1. The molecule has 1 fully saturated rings. The summed E-state index contributed by atoms with van der Waals surface area (Å²) >= 11 is 1.64. The monoisotopic (exact) mass is 435 g/mol. The lowest BCUT2D eigenvalue weighted by Crippen LogP contribution is -2.45. The summed E-state index contributed by atoms with van der Waals surface area (Å²) in [5, 5.41) is 7.22. The second-order valence-corrected chi connectivity index (χ2v) is 8.84. The molecule has 1 saturated heterocycles. The van der Waals surface area contributed by atoms with Gasteiger partial charge in [0.05, 0.1) is 12.2 Å². The van der Waals surface area contributed by atoms with Crippen molar-refractivity contribution in [1.29, 1.82) is 0 Å². The van der Waals surface area contributed by atoms with Crippen LogP contribution in [-0.2, 0) is 13.1 Å². The predicted octanol–water partition coefficient (Wildman–Crippen LogP) is 4.39. The van der Waals surface area contributed by atoms with Gasteiger partial charge in [0, 0.05) is 43.7 Å². The molecule has 0 saturated carbocycles. The largest absolute Gasteiger partial charge is 0.459 e. The zero-order valence-electron chi connectivity index (χ0n) is 17.7. The molecule has 0 aliphatic carbocycles. The summed E-state index contributed by atoms with van der Waals surface area (Å²) in [6, 6.07) is 12.1. The second kappa shape index (κ2) is 8.74. The fourth-order valence-corrected chi connectivity index (χ4v) is 4.48. The van der Waals surface area contributed by atoms with Crippen LogP contribution in [0.3, 0.4) is 0 Å². The van der Waals surface area contributed by atoms with Crippen LogP contribution in [0.5, 0.6) is 0 Å². The van der Waals surface area contributed by atoms with Gasteiger partial charge in [0.25, 0.3) is 0 Å². The van der Waals surface area contributed by atoms with Gasteiger partial charge in [0.2, 0.25) is 11.7 Å². The number of benzene rings is 1. The number of nitrogens with zero attached hydrogens (tertiary/aromatic N) is 5. The number of aryl methyl sites for hydroxylation is 2. The first-order chi connectivity index (χ1) is 15.1. The van der Waals surface area contributed by atoms with Crippen molar-refractivity contribution in [3.05, 3.63) is 64.7 Å². The minimum atomic E-state index is 0.653. The Morgan fingerprint density at radius 1 is 0.903 bits per heavy atom. The maximum absolute atomic E-state index is 5.69. The van der Waals surface area contributed by atoms with Crippen molar-refractivity contribution in [2.45, 2.75) is 26.9 Å². The van der Waals surface area contributed by atoms with E-state index in [0.29, 0.717) is 18.3 Å². The highest BCUT2D eigenvalue weighted by molar-refractivity contribution is 7.13. The molecule has 160 valence electrons. The first-order valence-electron chi connectivity index (χ1n) is 10.5. The van der Waals surface area contributed by atoms with E-state index in [1.165, 1.54) is 5.56 Å². The maximum Gasteiger partial charge on any atom is 0.241 e. The zero-order chi connectivity index (χ0) is 21.2. The van der Waals surface area contributed by atoms with Gasteiger partial charge in [-0.05, 0) is 26.0 Å². The predicted molar refractivity (Wildman–Crippen MR) is 120 cm³/mol. The smallest absolute Gasteiger partial charge is 0.241 e. The van der Waals surface area contributed by atoms with Gasteiger partial charge in [-0.2, -0.15) is 4.98 Å². The average Bonchev–Trinajstić information content (AvgIpc) is 3.52. The van der Waals surface area contributed by atoms with E-state index < -0.39 is 0 Å². The standard InChI is InChI=1S/C23H25N5O2S/c1-16-3-6-18(7-4-16)22-25-21(30-26-22)14-28-11-9-27(10-12-28)13-19-15-31-23(24-19)20-8-5-17(2)29-20/h3-8,15H,9-14H2,1-2H3. The Hall–Kier alpha value is -2.81. The van der Waals surface area contributed by atoms with E-state index in [9.17, 15) is 0 Å². The number of hydrogen-bond donors (Lipinski definition) is 0. The summed E-state index contributed by atoms with van der Waals surface area (Å²) in [5.74, 6) is 3.08. The molecule has 31 heavy (non-hydrogen) atoms. The molecule has 7 nitrogen and oxygen atoms in total. The summed E-state index contributed by atoms with van der Waals surface area (Å²) in [5.41, 5.74) is 3.30. The number of hydrogen-bond acceptors (Lipinski definition) is 8. The van der Waals surface area contributed by atoms with Gasteiger partial charge in [-0.25, -0.2) is 4.98 Å². The van der Waals surface area contributed by atoms with Crippen LogP contribution in [0.25, 0.3) is 22.2 Å². The van der Waals surface area contributed by atoms with Crippen LogP contribution in [-0.4, -0.2) is 51.1 Å². The molecule has 1 aromatic carbocycles. The van der Waals surface area contributed by atoms with Crippen molar-refractivity contribution in [3.63, 3.8) is 0 Å². The van der Waals surface area contributed by atoms with Crippen LogP contribution < -0.4 is 0 Å². The molecule has 4 aromatic rings.